The summed E-state index contributed by atoms with van der Waals surface area (Å²) in [5, 5.41) is 25.6. The molecule has 1 rings (SSSR count). The third kappa shape index (κ3) is 9.12. The maximum Gasteiger partial charge on any atom is 0.326 e. The Morgan fingerprint density at radius 1 is 0.969 bits per heavy atom. The van der Waals surface area contributed by atoms with Crippen LogP contribution in [-0.4, -0.2) is 74.0 Å². The van der Waals surface area contributed by atoms with Crippen LogP contribution in [0.1, 0.15) is 39.3 Å². The second-order valence-corrected chi connectivity index (χ2v) is 7.82. The van der Waals surface area contributed by atoms with Crippen LogP contribution in [-0.2, 0) is 30.4 Å². The zero-order valence-corrected chi connectivity index (χ0v) is 18.1. The van der Waals surface area contributed by atoms with Crippen LogP contribution in [0.2, 0.25) is 0 Å². The Bertz CT molecular complexity index is 809. The van der Waals surface area contributed by atoms with Crippen LogP contribution >= 0.6 is 0 Å². The van der Waals surface area contributed by atoms with E-state index in [0.29, 0.717) is 5.69 Å². The maximum absolute atomic E-state index is 12.7. The molecule has 0 fully saturated rings. The fraction of sp³-hybridized carbons (Fsp3) is 0.579. The number of hydrogen-bond donors (Lipinski definition) is 7. The van der Waals surface area contributed by atoms with Gasteiger partial charge in [-0.3, -0.25) is 19.2 Å². The highest BCUT2D eigenvalue weighted by Gasteiger charge is 2.31. The normalized spacial score (nSPS) is 14.7. The van der Waals surface area contributed by atoms with E-state index in [1.165, 1.54) is 19.4 Å². The van der Waals surface area contributed by atoms with E-state index in [4.69, 9.17) is 10.8 Å². The summed E-state index contributed by atoms with van der Waals surface area (Å²) in [5.74, 6) is -5.11. The number of carboxylic acids is 2. The molecule has 0 aliphatic heterocycles. The average molecular weight is 454 g/mol. The van der Waals surface area contributed by atoms with Gasteiger partial charge in [0.15, 0.2) is 0 Å². The van der Waals surface area contributed by atoms with Gasteiger partial charge in [-0.05, 0) is 19.3 Å². The van der Waals surface area contributed by atoms with Gasteiger partial charge in [-0.25, -0.2) is 9.78 Å². The van der Waals surface area contributed by atoms with E-state index in [-0.39, 0.29) is 18.8 Å². The molecule has 4 atom stereocenters. The number of aromatic amines is 1. The number of amides is 3. The topological polar surface area (TPSA) is 217 Å². The van der Waals surface area contributed by atoms with E-state index in [2.05, 4.69) is 25.9 Å². The summed E-state index contributed by atoms with van der Waals surface area (Å²) in [6, 6.07) is -4.89. The minimum atomic E-state index is -1.56. The lowest BCUT2D eigenvalue weighted by atomic mass is 10.0. The second-order valence-electron chi connectivity index (χ2n) is 7.82. The van der Waals surface area contributed by atoms with Crippen LogP contribution in [0.25, 0.3) is 0 Å². The minimum absolute atomic E-state index is 0.0170. The predicted molar refractivity (Wildman–Crippen MR) is 111 cm³/mol. The summed E-state index contributed by atoms with van der Waals surface area (Å²) in [5.41, 5.74) is 5.96. The van der Waals surface area contributed by atoms with Crippen LogP contribution in [0.5, 0.6) is 0 Å². The molecule has 0 saturated carbocycles. The number of carbonyl (C=O) groups excluding carboxylic acids is 3. The van der Waals surface area contributed by atoms with E-state index < -0.39 is 60.2 Å². The summed E-state index contributed by atoms with van der Waals surface area (Å²) in [6.45, 7) is 5.06. The summed E-state index contributed by atoms with van der Waals surface area (Å²) in [4.78, 5) is 66.6. The predicted octanol–water partition coefficient (Wildman–Crippen LogP) is -1.64. The molecule has 1 aromatic rings. The molecule has 32 heavy (non-hydrogen) atoms. The molecular weight excluding hydrogens is 424 g/mol. The Morgan fingerprint density at radius 3 is 2.00 bits per heavy atom. The van der Waals surface area contributed by atoms with E-state index in [1.54, 1.807) is 0 Å². The Morgan fingerprint density at radius 2 is 1.53 bits per heavy atom. The van der Waals surface area contributed by atoms with Gasteiger partial charge >= 0.3 is 11.9 Å². The first-order valence-corrected chi connectivity index (χ1v) is 9.99. The Kier molecular flexibility index (Phi) is 10.3. The minimum Gasteiger partial charge on any atom is -0.481 e. The van der Waals surface area contributed by atoms with Gasteiger partial charge in [-0.15, -0.1) is 0 Å². The van der Waals surface area contributed by atoms with Gasteiger partial charge in [0.05, 0.1) is 18.8 Å². The first-order chi connectivity index (χ1) is 14.9. The van der Waals surface area contributed by atoms with Crippen LogP contribution in [0.3, 0.4) is 0 Å². The zero-order valence-electron chi connectivity index (χ0n) is 18.1. The molecule has 1 aromatic heterocycles. The number of aromatic nitrogens is 2. The van der Waals surface area contributed by atoms with Crippen molar-refractivity contribution < 1.29 is 34.2 Å². The third-order valence-electron chi connectivity index (χ3n) is 4.36. The molecule has 8 N–H and O–H groups in total. The first kappa shape index (κ1) is 26.6. The molecule has 1 heterocycles. The number of H-pyrrole nitrogens is 1. The number of rotatable bonds is 13. The van der Waals surface area contributed by atoms with Gasteiger partial charge < -0.3 is 36.9 Å². The third-order valence-corrected chi connectivity index (χ3v) is 4.36. The Labute approximate surface area is 184 Å². The molecule has 0 bridgehead atoms. The fourth-order valence-electron chi connectivity index (χ4n) is 2.75. The molecule has 13 heteroatoms. The lowest BCUT2D eigenvalue weighted by Gasteiger charge is -2.25. The Hall–Kier alpha value is -3.48. The van der Waals surface area contributed by atoms with Crippen LogP contribution in [0.4, 0.5) is 0 Å². The van der Waals surface area contributed by atoms with E-state index >= 15 is 0 Å². The molecule has 0 aliphatic rings. The number of hydrogen-bond acceptors (Lipinski definition) is 7. The highest BCUT2D eigenvalue weighted by Crippen LogP contribution is 2.07. The van der Waals surface area contributed by atoms with E-state index in [0.717, 1.165) is 0 Å². The number of imidazole rings is 1. The van der Waals surface area contributed by atoms with Gasteiger partial charge in [0.2, 0.25) is 17.7 Å². The average Bonchev–Trinajstić information content (AvgIpc) is 3.18. The highest BCUT2D eigenvalue weighted by atomic mass is 16.4. The van der Waals surface area contributed by atoms with Crippen molar-refractivity contribution in [2.45, 2.75) is 64.2 Å². The molecule has 0 radical (unpaired) electrons. The smallest absolute Gasteiger partial charge is 0.326 e. The number of carbonyl (C=O) groups is 5. The maximum atomic E-state index is 12.7. The molecule has 178 valence electrons. The first-order valence-electron chi connectivity index (χ1n) is 9.99. The molecule has 0 saturated heterocycles. The summed E-state index contributed by atoms with van der Waals surface area (Å²) in [6.07, 6.45) is 2.02. The van der Waals surface area contributed by atoms with Gasteiger partial charge in [0.1, 0.15) is 18.1 Å². The number of aliphatic carboxylic acids is 2. The monoisotopic (exact) mass is 454 g/mol. The van der Waals surface area contributed by atoms with Crippen molar-refractivity contribution in [3.63, 3.8) is 0 Å². The van der Waals surface area contributed by atoms with Gasteiger partial charge in [0.25, 0.3) is 0 Å². The van der Waals surface area contributed by atoms with Crippen molar-refractivity contribution in [1.82, 2.24) is 25.9 Å². The summed E-state index contributed by atoms with van der Waals surface area (Å²) in [7, 11) is 0. The molecule has 0 aliphatic carbocycles. The van der Waals surface area contributed by atoms with E-state index in [1.807, 2.05) is 13.8 Å². The molecule has 0 aromatic carbocycles. The molecule has 13 nitrogen and oxygen atoms in total. The molecule has 3 amide bonds. The summed E-state index contributed by atoms with van der Waals surface area (Å²) < 4.78 is 0. The zero-order chi connectivity index (χ0) is 24.4. The van der Waals surface area contributed by atoms with Crippen molar-refractivity contribution in [2.24, 2.45) is 11.7 Å². The summed E-state index contributed by atoms with van der Waals surface area (Å²) >= 11 is 0. The number of nitrogens with zero attached hydrogens (tertiary/aromatic N) is 1. The molecule has 0 spiro atoms. The van der Waals surface area contributed by atoms with Crippen molar-refractivity contribution >= 4 is 29.7 Å². The second kappa shape index (κ2) is 12.4. The fourth-order valence-corrected chi connectivity index (χ4v) is 2.75. The van der Waals surface area contributed by atoms with Crippen molar-refractivity contribution in [3.05, 3.63) is 18.2 Å². The standard InChI is InChI=1S/C19H30N6O7/c1-9(2)4-12(23-16(28)10(3)20)17(29)24-13(6-15(26)27)18(30)25-14(19(31)32)5-11-7-21-8-22-11/h7-10,12-14H,4-6,20H2,1-3H3,(H,21,22)(H,23,28)(H,24,29)(H,25,30)(H,26,27)(H,31,32). The number of carboxylic acid groups (broad SMARTS) is 2. The molecular formula is C19H30N6O7. The number of nitrogens with one attached hydrogen (secondary N) is 4. The van der Waals surface area contributed by atoms with Gasteiger partial charge in [0, 0.05) is 18.3 Å². The lowest BCUT2D eigenvalue weighted by Crippen LogP contribution is -2.57. The van der Waals surface area contributed by atoms with Crippen molar-refractivity contribution in [1.29, 1.82) is 0 Å². The van der Waals surface area contributed by atoms with Crippen molar-refractivity contribution in [2.75, 3.05) is 0 Å². The highest BCUT2D eigenvalue weighted by molar-refractivity contribution is 5.95. The Balaban J connectivity index is 2.97. The number of nitrogens with two attached hydrogens (primary N) is 1. The van der Waals surface area contributed by atoms with E-state index in [9.17, 15) is 29.1 Å². The largest absolute Gasteiger partial charge is 0.481 e. The van der Waals surface area contributed by atoms with Crippen LogP contribution < -0.4 is 21.7 Å². The van der Waals surface area contributed by atoms with Crippen LogP contribution in [0.15, 0.2) is 12.5 Å². The van der Waals surface area contributed by atoms with Crippen molar-refractivity contribution in [3.8, 4) is 0 Å². The van der Waals surface area contributed by atoms with Crippen LogP contribution in [0, 0.1) is 5.92 Å². The quantitative estimate of drug-likeness (QED) is 0.181. The molecule has 4 unspecified atom stereocenters. The SMILES string of the molecule is CC(C)CC(NC(=O)C(C)N)C(=O)NC(CC(=O)O)C(=O)NC(Cc1cnc[nH]1)C(=O)O. The van der Waals surface area contributed by atoms with Gasteiger partial charge in [-0.2, -0.15) is 0 Å². The van der Waals surface area contributed by atoms with Gasteiger partial charge in [-0.1, -0.05) is 13.8 Å². The lowest BCUT2D eigenvalue weighted by molar-refractivity contribution is -0.143.